The van der Waals surface area contributed by atoms with Gasteiger partial charge in [-0.2, -0.15) is 0 Å². The van der Waals surface area contributed by atoms with Crippen molar-refractivity contribution in [2.75, 3.05) is 68.5 Å². The van der Waals surface area contributed by atoms with Gasteiger partial charge in [-0.3, -0.25) is 9.34 Å². The quantitative estimate of drug-likeness (QED) is 0.618. The highest BCUT2D eigenvalue weighted by Crippen LogP contribution is 2.46. The van der Waals surface area contributed by atoms with Crippen LogP contribution in [-0.2, 0) is 0 Å². The van der Waals surface area contributed by atoms with Crippen LogP contribution in [0.15, 0.2) is 0 Å². The molecule has 4 nitrogen and oxygen atoms in total. The number of hydrogen-bond acceptors (Lipinski definition) is 4. The molecule has 0 aliphatic carbocycles. The molecule has 6 heteroatoms. The van der Waals surface area contributed by atoms with Gasteiger partial charge in [0.2, 0.25) is 0 Å². The van der Waals surface area contributed by atoms with Gasteiger partial charge in [0.05, 0.1) is 0 Å². The number of nitrogens with zero attached hydrogens (tertiary/aromatic N) is 4. The van der Waals surface area contributed by atoms with Crippen LogP contribution in [0.5, 0.6) is 0 Å². The molecule has 0 N–H and O–H groups in total. The molecule has 0 heterocycles. The van der Waals surface area contributed by atoms with Gasteiger partial charge >= 0.3 is 0 Å². The van der Waals surface area contributed by atoms with Crippen LogP contribution in [0.1, 0.15) is 0 Å². The molecular weight excluding hydrogens is 243 g/mol. The highest BCUT2D eigenvalue weighted by atomic mass is 35.7. The molecule has 0 radical (unpaired) electrons. The number of hydrogen-bond donors (Lipinski definition) is 0. The molecule has 0 aliphatic heterocycles. The Kier molecular flexibility index (Phi) is 8.92. The minimum Gasteiger partial charge on any atom is -0.308 e. The summed E-state index contributed by atoms with van der Waals surface area (Å²) in [6.45, 7) is 4.11. The van der Waals surface area contributed by atoms with E-state index in [1.54, 1.807) is 0 Å². The molecule has 0 atom stereocenters. The zero-order valence-corrected chi connectivity index (χ0v) is 13.1. The van der Waals surface area contributed by atoms with Crippen LogP contribution in [-0.4, -0.2) is 87.6 Å². The predicted octanol–water partition coefficient (Wildman–Crippen LogP) is 1.44. The molecule has 0 saturated heterocycles. The average Bonchev–Trinajstić information content (AvgIpc) is 2.21. The molecule has 0 unspecified atom stereocenters. The summed E-state index contributed by atoms with van der Waals surface area (Å²) in [6, 6.07) is 0. The Morgan fingerprint density at radius 2 is 1.00 bits per heavy atom. The van der Waals surface area contributed by atoms with E-state index in [4.69, 9.17) is 11.2 Å². The van der Waals surface area contributed by atoms with Gasteiger partial charge in [-0.05, 0) is 42.3 Å². The van der Waals surface area contributed by atoms with Crippen LogP contribution in [0.3, 0.4) is 0 Å². The summed E-state index contributed by atoms with van der Waals surface area (Å²) in [5.74, 6) is 0. The second kappa shape index (κ2) is 8.62. The lowest BCUT2D eigenvalue weighted by atomic mass is 10.6. The summed E-state index contributed by atoms with van der Waals surface area (Å²) in [5, 5.41) is 0. The monoisotopic (exact) mass is 268 g/mol. The van der Waals surface area contributed by atoms with Crippen LogP contribution in [0, 0.1) is 0 Å². The Morgan fingerprint density at radius 3 is 1.25 bits per heavy atom. The number of rotatable bonds is 8. The highest BCUT2D eigenvalue weighted by molar-refractivity contribution is 7.80. The maximum Gasteiger partial charge on any atom is 0.139 e. The van der Waals surface area contributed by atoms with Crippen molar-refractivity contribution in [2.45, 2.75) is 0 Å². The summed E-state index contributed by atoms with van der Waals surface area (Å²) < 4.78 is 4.46. The van der Waals surface area contributed by atoms with Crippen molar-refractivity contribution in [3.8, 4) is 0 Å². The summed E-state index contributed by atoms with van der Waals surface area (Å²) in [6.07, 6.45) is 0. The summed E-state index contributed by atoms with van der Waals surface area (Å²) >= 11 is 6.43. The van der Waals surface area contributed by atoms with Gasteiger partial charge in [0, 0.05) is 26.2 Å². The maximum absolute atomic E-state index is 6.43. The van der Waals surface area contributed by atoms with E-state index >= 15 is 0 Å². The van der Waals surface area contributed by atoms with Crippen molar-refractivity contribution in [2.24, 2.45) is 0 Å². The number of halogens is 1. The fourth-order valence-electron chi connectivity index (χ4n) is 1.12. The van der Waals surface area contributed by atoms with Crippen molar-refractivity contribution < 1.29 is 0 Å². The molecule has 0 aliphatic rings. The second-order valence-corrected chi connectivity index (χ2v) is 7.36. The van der Waals surface area contributed by atoms with E-state index < -0.39 is 7.58 Å². The molecule has 16 heavy (non-hydrogen) atoms. The normalized spacial score (nSPS) is 12.8. The van der Waals surface area contributed by atoms with Crippen LogP contribution >= 0.6 is 18.8 Å². The Bertz CT molecular complexity index is 162. The van der Waals surface area contributed by atoms with Gasteiger partial charge in [-0.25, -0.2) is 0 Å². The van der Waals surface area contributed by atoms with E-state index in [2.05, 4.69) is 61.4 Å². The molecule has 0 rings (SSSR count). The van der Waals surface area contributed by atoms with Crippen molar-refractivity contribution in [1.82, 2.24) is 19.1 Å². The van der Waals surface area contributed by atoms with Crippen molar-refractivity contribution >= 4 is 18.8 Å². The first-order chi connectivity index (χ1) is 7.34. The first-order valence-electron chi connectivity index (χ1n) is 5.52. The van der Waals surface area contributed by atoms with E-state index in [0.717, 1.165) is 26.2 Å². The van der Waals surface area contributed by atoms with Crippen LogP contribution in [0.2, 0.25) is 0 Å². The molecule has 0 aromatic rings. The molecular formula is C10H26ClN4P. The molecule has 98 valence electrons. The molecule has 0 saturated carbocycles. The summed E-state index contributed by atoms with van der Waals surface area (Å²) in [5.41, 5.74) is 0. The highest BCUT2D eigenvalue weighted by Gasteiger charge is 2.17. The fraction of sp³-hybridized carbons (Fsp3) is 1.00. The van der Waals surface area contributed by atoms with Gasteiger partial charge in [0.15, 0.2) is 0 Å². The first kappa shape index (κ1) is 16.6. The van der Waals surface area contributed by atoms with Crippen LogP contribution in [0.4, 0.5) is 0 Å². The van der Waals surface area contributed by atoms with E-state index in [1.807, 2.05) is 0 Å². The topological polar surface area (TPSA) is 13.0 Å². The lowest BCUT2D eigenvalue weighted by Gasteiger charge is -2.31. The van der Waals surface area contributed by atoms with E-state index in [0.29, 0.717) is 0 Å². The van der Waals surface area contributed by atoms with Crippen LogP contribution < -0.4 is 0 Å². The van der Waals surface area contributed by atoms with Gasteiger partial charge in [-0.1, -0.05) is 11.2 Å². The fourth-order valence-corrected chi connectivity index (χ4v) is 2.60. The molecule has 0 amide bonds. The maximum atomic E-state index is 6.43. The van der Waals surface area contributed by atoms with Crippen LogP contribution in [0.25, 0.3) is 0 Å². The molecule has 0 fully saturated rings. The third kappa shape index (κ3) is 7.77. The third-order valence-corrected chi connectivity index (χ3v) is 5.38. The first-order valence-corrected chi connectivity index (χ1v) is 7.67. The summed E-state index contributed by atoms with van der Waals surface area (Å²) in [4.78, 5) is 4.35. The van der Waals surface area contributed by atoms with Crippen molar-refractivity contribution in [3.05, 3.63) is 0 Å². The van der Waals surface area contributed by atoms with Gasteiger partial charge in [-0.15, -0.1) is 0 Å². The molecule has 0 spiro atoms. The molecule has 0 aromatic carbocycles. The Morgan fingerprint density at radius 1 is 0.688 bits per heavy atom. The standard InChI is InChI=1S/C10H26ClN4P/c1-12(2)7-9-14(5)16(11)15(6)10-8-13(3)4/h7-10H2,1-6H3. The van der Waals surface area contributed by atoms with Gasteiger partial charge in [0.1, 0.15) is 7.58 Å². The van der Waals surface area contributed by atoms with E-state index in [1.165, 1.54) is 0 Å². The minimum atomic E-state index is -0.679. The largest absolute Gasteiger partial charge is 0.308 e. The second-order valence-electron chi connectivity index (χ2n) is 4.61. The molecule has 0 bridgehead atoms. The minimum absolute atomic E-state index is 0.679. The Balaban J connectivity index is 3.86. The zero-order valence-electron chi connectivity index (χ0n) is 11.4. The smallest absolute Gasteiger partial charge is 0.139 e. The van der Waals surface area contributed by atoms with Gasteiger partial charge < -0.3 is 9.80 Å². The van der Waals surface area contributed by atoms with E-state index in [-0.39, 0.29) is 0 Å². The molecule has 0 aromatic heterocycles. The summed E-state index contributed by atoms with van der Waals surface area (Å²) in [7, 11) is 11.8. The number of likely N-dealkylation sites (N-methyl/N-ethyl adjacent to an activating group) is 4. The zero-order chi connectivity index (χ0) is 12.7. The predicted molar refractivity (Wildman–Crippen MR) is 75.1 cm³/mol. The Hall–Kier alpha value is 0.560. The van der Waals surface area contributed by atoms with Crippen molar-refractivity contribution in [1.29, 1.82) is 0 Å². The Labute approximate surface area is 107 Å². The van der Waals surface area contributed by atoms with E-state index in [9.17, 15) is 0 Å². The van der Waals surface area contributed by atoms with Crippen molar-refractivity contribution in [3.63, 3.8) is 0 Å². The average molecular weight is 269 g/mol. The lowest BCUT2D eigenvalue weighted by molar-refractivity contribution is 0.345. The van der Waals surface area contributed by atoms with Gasteiger partial charge in [0.25, 0.3) is 0 Å². The lowest BCUT2D eigenvalue weighted by Crippen LogP contribution is -2.31. The third-order valence-electron chi connectivity index (χ3n) is 2.31. The SMILES string of the molecule is CN(C)CCN(C)P(Cl)N(C)CCN(C)C.